The minimum absolute atomic E-state index is 0.00143. The molecule has 39 heavy (non-hydrogen) atoms. The van der Waals surface area contributed by atoms with Crippen molar-refractivity contribution in [1.29, 1.82) is 0 Å². The van der Waals surface area contributed by atoms with Gasteiger partial charge < -0.3 is 20.1 Å². The minimum Gasteiger partial charge on any atom is -0.447 e. The zero-order valence-corrected chi connectivity index (χ0v) is 25.1. The van der Waals surface area contributed by atoms with Crippen LogP contribution in [-0.4, -0.2) is 55.9 Å². The number of thiazole rings is 1. The maximum atomic E-state index is 13.4. The average Bonchev–Trinajstić information content (AvgIpc) is 3.27. The van der Waals surface area contributed by atoms with E-state index in [1.54, 1.807) is 52.9 Å². The van der Waals surface area contributed by atoms with Gasteiger partial charge in [0.25, 0.3) is 0 Å². The Balaban J connectivity index is 1.82. The molecule has 13 heteroatoms. The Labute approximate surface area is 234 Å². The summed E-state index contributed by atoms with van der Waals surface area (Å²) in [5, 5.41) is 9.51. The molecule has 0 saturated carbocycles. The summed E-state index contributed by atoms with van der Waals surface area (Å²) in [6, 6.07) is 4.67. The van der Waals surface area contributed by atoms with Crippen molar-refractivity contribution in [3.63, 3.8) is 0 Å². The fraction of sp³-hybridized carbons (Fsp3) is 0.577. The van der Waals surface area contributed by atoms with Crippen LogP contribution in [0, 0.1) is 0 Å². The number of carbonyl (C=O) groups is 2. The van der Waals surface area contributed by atoms with Crippen molar-refractivity contribution in [2.75, 3.05) is 11.9 Å². The fourth-order valence-electron chi connectivity index (χ4n) is 3.98. The number of sulfonamides is 1. The van der Waals surface area contributed by atoms with E-state index in [-0.39, 0.29) is 29.2 Å². The number of hydrogen-bond acceptors (Lipinski definition) is 9. The lowest BCUT2D eigenvalue weighted by Crippen LogP contribution is -2.42. The normalized spacial score (nSPS) is 18.2. The summed E-state index contributed by atoms with van der Waals surface area (Å²) in [5.74, 6) is 0. The zero-order chi connectivity index (χ0) is 29.0. The SMILES string of the molecule is CC(C)NC(=O)OC1CC[C@@H](c2ncc(-c3ccc(NC(=O)OC(C)C)cc3S(=O)(=O)NC(C)(C)C)s2)NC1. The molecule has 2 heterocycles. The van der Waals surface area contributed by atoms with Gasteiger partial charge in [-0.1, -0.05) is 6.07 Å². The molecule has 0 radical (unpaired) electrons. The number of ether oxygens (including phenoxy) is 2. The molecule has 1 aliphatic heterocycles. The van der Waals surface area contributed by atoms with E-state index in [0.717, 1.165) is 5.01 Å². The first-order chi connectivity index (χ1) is 18.1. The molecule has 0 aliphatic carbocycles. The van der Waals surface area contributed by atoms with E-state index in [9.17, 15) is 18.0 Å². The maximum Gasteiger partial charge on any atom is 0.411 e. The second-order valence-electron chi connectivity index (χ2n) is 11.1. The standard InChI is InChI=1S/C26H39N5O6S2/c1-15(2)29-24(32)37-18-9-11-20(27-13-18)23-28-14-21(38-23)19-10-8-17(30-25(33)36-16(3)4)12-22(19)39(34,35)31-26(5,6)7/h8,10,12,14-16,18,20,27,31H,9,11,13H2,1-7H3,(H,29,32)(H,30,33)/t18?,20-/m0/s1. The van der Waals surface area contributed by atoms with Crippen molar-refractivity contribution < 1.29 is 27.5 Å². The average molecular weight is 582 g/mol. The molecule has 4 N–H and O–H groups in total. The Kier molecular flexibility index (Phi) is 9.97. The molecule has 1 fully saturated rings. The number of carbonyl (C=O) groups excluding carboxylic acids is 2. The third kappa shape index (κ3) is 9.16. The second kappa shape index (κ2) is 12.6. The van der Waals surface area contributed by atoms with Crippen LogP contribution in [0.3, 0.4) is 0 Å². The molecular weight excluding hydrogens is 542 g/mol. The molecule has 2 amide bonds. The van der Waals surface area contributed by atoms with Crippen molar-refractivity contribution in [2.24, 2.45) is 0 Å². The smallest absolute Gasteiger partial charge is 0.411 e. The van der Waals surface area contributed by atoms with Gasteiger partial charge in [-0.25, -0.2) is 27.7 Å². The largest absolute Gasteiger partial charge is 0.447 e. The van der Waals surface area contributed by atoms with E-state index in [0.29, 0.717) is 35.5 Å². The van der Waals surface area contributed by atoms with Crippen LogP contribution in [-0.2, 0) is 19.5 Å². The van der Waals surface area contributed by atoms with Crippen LogP contribution in [0.4, 0.5) is 15.3 Å². The van der Waals surface area contributed by atoms with Crippen molar-refractivity contribution in [2.45, 2.75) is 96.0 Å². The van der Waals surface area contributed by atoms with Crippen LogP contribution in [0.2, 0.25) is 0 Å². The molecule has 1 aromatic carbocycles. The molecule has 0 spiro atoms. The van der Waals surface area contributed by atoms with Crippen molar-refractivity contribution in [3.8, 4) is 10.4 Å². The van der Waals surface area contributed by atoms with Gasteiger partial charge in [-0.05, 0) is 73.4 Å². The molecule has 0 bridgehead atoms. The first-order valence-corrected chi connectivity index (χ1v) is 15.2. The number of hydrogen-bond donors (Lipinski definition) is 4. The van der Waals surface area contributed by atoms with Gasteiger partial charge >= 0.3 is 12.2 Å². The highest BCUT2D eigenvalue weighted by Crippen LogP contribution is 2.37. The molecule has 3 rings (SSSR count). The first-order valence-electron chi connectivity index (χ1n) is 12.9. The van der Waals surface area contributed by atoms with E-state index < -0.39 is 27.7 Å². The summed E-state index contributed by atoms with van der Waals surface area (Å²) in [6.07, 6.45) is 1.40. The summed E-state index contributed by atoms with van der Waals surface area (Å²) in [6.45, 7) is 13.0. The van der Waals surface area contributed by atoms with E-state index in [1.165, 1.54) is 17.4 Å². The van der Waals surface area contributed by atoms with Crippen LogP contribution in [0.5, 0.6) is 0 Å². The number of nitrogens with zero attached hydrogens (tertiary/aromatic N) is 1. The van der Waals surface area contributed by atoms with Gasteiger partial charge in [-0.3, -0.25) is 5.32 Å². The van der Waals surface area contributed by atoms with E-state index in [1.807, 2.05) is 13.8 Å². The van der Waals surface area contributed by atoms with E-state index in [4.69, 9.17) is 9.47 Å². The maximum absolute atomic E-state index is 13.4. The van der Waals surface area contributed by atoms with Crippen LogP contribution >= 0.6 is 11.3 Å². The number of rotatable bonds is 8. The van der Waals surface area contributed by atoms with Crippen molar-refractivity contribution in [1.82, 2.24) is 20.3 Å². The van der Waals surface area contributed by atoms with Crippen LogP contribution < -0.4 is 20.7 Å². The topological polar surface area (TPSA) is 148 Å². The quantitative estimate of drug-likeness (QED) is 0.348. The summed E-state index contributed by atoms with van der Waals surface area (Å²) >= 11 is 1.39. The van der Waals surface area contributed by atoms with Crippen LogP contribution in [0.15, 0.2) is 29.3 Å². The third-order valence-corrected chi connectivity index (χ3v) is 8.38. The number of alkyl carbamates (subject to hydrolysis) is 1. The van der Waals surface area contributed by atoms with Gasteiger partial charge in [-0.15, -0.1) is 11.3 Å². The lowest BCUT2D eigenvalue weighted by Gasteiger charge is -2.28. The first kappa shape index (κ1) is 30.8. The Morgan fingerprint density at radius 1 is 1.13 bits per heavy atom. The van der Waals surface area contributed by atoms with Gasteiger partial charge in [0.05, 0.1) is 21.9 Å². The van der Waals surface area contributed by atoms with Gasteiger partial charge in [0, 0.05) is 35.6 Å². The summed E-state index contributed by atoms with van der Waals surface area (Å²) in [4.78, 5) is 29.3. The molecule has 1 aromatic heterocycles. The second-order valence-corrected chi connectivity index (χ2v) is 13.8. The molecule has 2 atom stereocenters. The molecular formula is C26H39N5O6S2. The Hall–Kier alpha value is -2.74. The van der Waals surface area contributed by atoms with Crippen LogP contribution in [0.25, 0.3) is 10.4 Å². The molecule has 2 aromatic rings. The molecule has 1 unspecified atom stereocenters. The third-order valence-electron chi connectivity index (χ3n) is 5.44. The highest BCUT2D eigenvalue weighted by atomic mass is 32.2. The lowest BCUT2D eigenvalue weighted by molar-refractivity contribution is 0.0732. The Bertz CT molecular complexity index is 1260. The summed E-state index contributed by atoms with van der Waals surface area (Å²) in [5.41, 5.74) is 0.0524. The van der Waals surface area contributed by atoms with E-state index in [2.05, 4.69) is 25.7 Å². The minimum atomic E-state index is -3.95. The highest BCUT2D eigenvalue weighted by molar-refractivity contribution is 7.89. The summed E-state index contributed by atoms with van der Waals surface area (Å²) < 4.78 is 40.1. The number of anilines is 1. The zero-order valence-electron chi connectivity index (χ0n) is 23.5. The van der Waals surface area contributed by atoms with Crippen molar-refractivity contribution >= 4 is 39.2 Å². The molecule has 1 saturated heterocycles. The molecule has 1 aliphatic rings. The highest BCUT2D eigenvalue weighted by Gasteiger charge is 2.29. The lowest BCUT2D eigenvalue weighted by atomic mass is 10.0. The molecule has 216 valence electrons. The molecule has 11 nitrogen and oxygen atoms in total. The van der Waals surface area contributed by atoms with Crippen molar-refractivity contribution in [3.05, 3.63) is 29.4 Å². The van der Waals surface area contributed by atoms with Gasteiger partial charge in [0.2, 0.25) is 10.0 Å². The van der Waals surface area contributed by atoms with Gasteiger partial charge in [0.1, 0.15) is 11.1 Å². The van der Waals surface area contributed by atoms with Crippen LogP contribution in [0.1, 0.15) is 72.4 Å². The van der Waals surface area contributed by atoms with Gasteiger partial charge in [0.15, 0.2) is 0 Å². The number of nitrogens with one attached hydrogen (secondary N) is 4. The Morgan fingerprint density at radius 3 is 2.44 bits per heavy atom. The van der Waals surface area contributed by atoms with Gasteiger partial charge in [-0.2, -0.15) is 0 Å². The number of aromatic nitrogens is 1. The predicted molar refractivity (Wildman–Crippen MR) is 151 cm³/mol. The monoisotopic (exact) mass is 581 g/mol. The summed E-state index contributed by atoms with van der Waals surface area (Å²) in [7, 11) is -3.95. The number of piperidine rings is 1. The number of benzene rings is 1. The van der Waals surface area contributed by atoms with E-state index >= 15 is 0 Å². The Morgan fingerprint density at radius 2 is 1.85 bits per heavy atom. The predicted octanol–water partition coefficient (Wildman–Crippen LogP) is 4.77. The fourth-order valence-corrected chi connectivity index (χ4v) is 6.78. The number of amides is 2.